The van der Waals surface area contributed by atoms with Crippen LogP contribution < -0.4 is 9.92 Å². The quantitative estimate of drug-likeness (QED) is 0.190. The van der Waals surface area contributed by atoms with Gasteiger partial charge in [-0.25, -0.2) is 0 Å². The normalized spacial score (nSPS) is 12.8. The zero-order valence-electron chi connectivity index (χ0n) is 21.7. The minimum Gasteiger partial charge on any atom is -0.379 e. The average molecular weight is 526 g/mol. The van der Waals surface area contributed by atoms with E-state index in [1.54, 1.807) is 12.1 Å². The molecule has 1 atom stereocenters. The first kappa shape index (κ1) is 28.3. The van der Waals surface area contributed by atoms with Gasteiger partial charge in [0, 0.05) is 42.2 Å². The third-order valence-corrected chi connectivity index (χ3v) is 7.67. The Labute approximate surface area is 219 Å². The molecule has 0 aliphatic heterocycles. The fourth-order valence-corrected chi connectivity index (χ4v) is 5.51. The van der Waals surface area contributed by atoms with Crippen LogP contribution in [0.2, 0.25) is 0 Å². The molecule has 0 spiro atoms. The maximum atomic E-state index is 13.2. The lowest BCUT2D eigenvalue weighted by Crippen LogP contribution is -2.38. The predicted molar refractivity (Wildman–Crippen MR) is 145 cm³/mol. The summed E-state index contributed by atoms with van der Waals surface area (Å²) in [7, 11) is -4.24. The van der Waals surface area contributed by atoms with Crippen LogP contribution in [0.4, 0.5) is 5.69 Å². The Morgan fingerprint density at radius 2 is 1.57 bits per heavy atom. The van der Waals surface area contributed by atoms with Crippen LogP contribution in [0.3, 0.4) is 0 Å². The molecule has 0 aliphatic carbocycles. The molecule has 37 heavy (non-hydrogen) atoms. The first-order chi connectivity index (χ1) is 17.5. The van der Waals surface area contributed by atoms with E-state index < -0.39 is 15.0 Å². The second kappa shape index (κ2) is 12.3. The SMILES string of the molecule is CC(C)N(CCC(c1ccccc1)c1cc(CN)ccc1OS(=O)(=O)c1ccc([N+](=O)[O-])cc1)C(C)C. The second-order valence-corrected chi connectivity index (χ2v) is 11.1. The van der Waals surface area contributed by atoms with E-state index in [1.165, 1.54) is 12.1 Å². The summed E-state index contributed by atoms with van der Waals surface area (Å²) in [5, 5.41) is 11.0. The van der Waals surface area contributed by atoms with Gasteiger partial charge in [-0.15, -0.1) is 0 Å². The molecule has 0 radical (unpaired) electrons. The number of rotatable bonds is 12. The van der Waals surface area contributed by atoms with Crippen molar-refractivity contribution in [2.75, 3.05) is 6.54 Å². The highest BCUT2D eigenvalue weighted by Gasteiger charge is 2.26. The van der Waals surface area contributed by atoms with Crippen LogP contribution in [-0.4, -0.2) is 36.9 Å². The van der Waals surface area contributed by atoms with E-state index in [-0.39, 0.29) is 22.3 Å². The highest BCUT2D eigenvalue weighted by atomic mass is 32.2. The molecule has 9 heteroatoms. The topological polar surface area (TPSA) is 116 Å². The number of nitrogens with zero attached hydrogens (tertiary/aromatic N) is 2. The summed E-state index contributed by atoms with van der Waals surface area (Å²) in [4.78, 5) is 12.6. The summed E-state index contributed by atoms with van der Waals surface area (Å²) in [5.74, 6) is 0.0693. The molecule has 0 aliphatic rings. The molecule has 0 saturated heterocycles. The number of hydrogen-bond donors (Lipinski definition) is 1. The molecule has 0 bridgehead atoms. The Hall–Kier alpha value is -3.27. The molecule has 3 rings (SSSR count). The van der Waals surface area contributed by atoms with Crippen molar-refractivity contribution < 1.29 is 17.5 Å². The van der Waals surface area contributed by atoms with Crippen molar-refractivity contribution in [1.29, 1.82) is 0 Å². The van der Waals surface area contributed by atoms with Gasteiger partial charge in [-0.3, -0.25) is 15.0 Å². The van der Waals surface area contributed by atoms with Crippen LogP contribution in [-0.2, 0) is 16.7 Å². The molecule has 0 aromatic heterocycles. The summed E-state index contributed by atoms with van der Waals surface area (Å²) in [5.41, 5.74) is 8.38. The van der Waals surface area contributed by atoms with Crippen molar-refractivity contribution in [2.45, 2.75) is 63.6 Å². The molecule has 198 valence electrons. The molecule has 2 N–H and O–H groups in total. The highest BCUT2D eigenvalue weighted by Crippen LogP contribution is 2.37. The Morgan fingerprint density at radius 3 is 2.11 bits per heavy atom. The fraction of sp³-hybridized carbons (Fsp3) is 0.357. The van der Waals surface area contributed by atoms with Gasteiger partial charge in [0.15, 0.2) is 0 Å². The number of hydrogen-bond acceptors (Lipinski definition) is 7. The van der Waals surface area contributed by atoms with Crippen LogP contribution in [0.25, 0.3) is 0 Å². The van der Waals surface area contributed by atoms with E-state index >= 15 is 0 Å². The van der Waals surface area contributed by atoms with Crippen LogP contribution in [0.1, 0.15) is 56.7 Å². The summed E-state index contributed by atoms with van der Waals surface area (Å²) in [6, 6.07) is 20.6. The van der Waals surface area contributed by atoms with Gasteiger partial charge in [0.25, 0.3) is 5.69 Å². The van der Waals surface area contributed by atoms with E-state index in [2.05, 4.69) is 32.6 Å². The summed E-state index contributed by atoms with van der Waals surface area (Å²) in [6.45, 7) is 9.76. The maximum absolute atomic E-state index is 13.2. The third kappa shape index (κ3) is 7.15. The fourth-order valence-electron chi connectivity index (χ4n) is 4.55. The Kier molecular flexibility index (Phi) is 9.42. The molecule has 8 nitrogen and oxygen atoms in total. The van der Waals surface area contributed by atoms with Crippen LogP contribution >= 0.6 is 0 Å². The zero-order chi connectivity index (χ0) is 27.2. The monoisotopic (exact) mass is 525 g/mol. The van der Waals surface area contributed by atoms with Crippen molar-refractivity contribution >= 4 is 15.8 Å². The minimum absolute atomic E-state index is 0.144. The molecule has 0 heterocycles. The maximum Gasteiger partial charge on any atom is 0.339 e. The molecular formula is C28H35N3O5S. The molecule has 3 aromatic carbocycles. The van der Waals surface area contributed by atoms with Crippen LogP contribution in [0.5, 0.6) is 5.75 Å². The number of nitrogens with two attached hydrogens (primary N) is 1. The number of non-ortho nitro benzene ring substituents is 1. The molecule has 0 amide bonds. The zero-order valence-corrected chi connectivity index (χ0v) is 22.5. The average Bonchev–Trinajstić information content (AvgIpc) is 2.87. The van der Waals surface area contributed by atoms with Gasteiger partial charge in [-0.05, 0) is 70.0 Å². The van der Waals surface area contributed by atoms with Gasteiger partial charge < -0.3 is 9.92 Å². The summed E-state index contributed by atoms with van der Waals surface area (Å²) < 4.78 is 32.0. The van der Waals surface area contributed by atoms with Gasteiger partial charge in [0.2, 0.25) is 0 Å². The van der Waals surface area contributed by atoms with E-state index in [1.807, 2.05) is 36.4 Å². The lowest BCUT2D eigenvalue weighted by atomic mass is 9.86. The van der Waals surface area contributed by atoms with Crippen molar-refractivity contribution in [3.63, 3.8) is 0 Å². The lowest BCUT2D eigenvalue weighted by Gasteiger charge is -2.32. The molecule has 3 aromatic rings. The van der Waals surface area contributed by atoms with Crippen molar-refractivity contribution in [2.24, 2.45) is 5.73 Å². The molecule has 1 unspecified atom stereocenters. The van der Waals surface area contributed by atoms with Crippen LogP contribution in [0, 0.1) is 10.1 Å². The third-order valence-electron chi connectivity index (χ3n) is 6.43. The van der Waals surface area contributed by atoms with Crippen molar-refractivity contribution in [3.8, 4) is 5.75 Å². The number of nitro benzene ring substituents is 1. The molecular weight excluding hydrogens is 490 g/mol. The van der Waals surface area contributed by atoms with E-state index in [0.29, 0.717) is 18.6 Å². The Morgan fingerprint density at radius 1 is 0.946 bits per heavy atom. The van der Waals surface area contributed by atoms with Gasteiger partial charge in [0.1, 0.15) is 10.6 Å². The lowest BCUT2D eigenvalue weighted by molar-refractivity contribution is -0.384. The highest BCUT2D eigenvalue weighted by molar-refractivity contribution is 7.87. The Bertz CT molecular complexity index is 1290. The van der Waals surface area contributed by atoms with Crippen molar-refractivity contribution in [3.05, 3.63) is 99.6 Å². The van der Waals surface area contributed by atoms with Gasteiger partial charge >= 0.3 is 10.1 Å². The van der Waals surface area contributed by atoms with E-state index in [4.69, 9.17) is 9.92 Å². The standard InChI is InChI=1S/C28H35N3O5S/c1-20(2)30(21(3)4)17-16-26(23-8-6-5-7-9-23)27-18-22(19-29)10-15-28(27)36-37(34,35)25-13-11-24(12-14-25)31(32)33/h5-15,18,20-21,26H,16-17,19,29H2,1-4H3. The first-order valence-electron chi connectivity index (χ1n) is 12.4. The van der Waals surface area contributed by atoms with E-state index in [9.17, 15) is 18.5 Å². The van der Waals surface area contributed by atoms with Crippen molar-refractivity contribution in [1.82, 2.24) is 4.90 Å². The van der Waals surface area contributed by atoms with Gasteiger partial charge in [-0.2, -0.15) is 8.42 Å². The predicted octanol–water partition coefficient (Wildman–Crippen LogP) is 5.46. The number of benzene rings is 3. The summed E-state index contributed by atoms with van der Waals surface area (Å²) in [6.07, 6.45) is 0.738. The van der Waals surface area contributed by atoms with E-state index in [0.717, 1.165) is 41.8 Å². The second-order valence-electron chi connectivity index (χ2n) is 9.54. The van der Waals surface area contributed by atoms with Gasteiger partial charge in [-0.1, -0.05) is 42.5 Å². The largest absolute Gasteiger partial charge is 0.379 e. The summed E-state index contributed by atoms with van der Waals surface area (Å²) >= 11 is 0. The Balaban J connectivity index is 2.04. The first-order valence-corrected chi connectivity index (χ1v) is 13.8. The molecule has 0 saturated carbocycles. The van der Waals surface area contributed by atoms with Crippen LogP contribution in [0.15, 0.2) is 77.7 Å². The van der Waals surface area contributed by atoms with Gasteiger partial charge in [0.05, 0.1) is 4.92 Å². The smallest absolute Gasteiger partial charge is 0.339 e. The number of nitro groups is 1. The minimum atomic E-state index is -4.24. The molecule has 0 fully saturated rings.